The fraction of sp³-hybridized carbons (Fsp3) is 0.143. The predicted octanol–water partition coefficient (Wildman–Crippen LogP) is 2.04. The maximum atomic E-state index is 5.77. The molecule has 2 heterocycles. The lowest BCUT2D eigenvalue weighted by Crippen LogP contribution is -1.97. The van der Waals surface area contributed by atoms with Gasteiger partial charge in [-0.1, -0.05) is 11.6 Å². The number of halogens is 1. The summed E-state index contributed by atoms with van der Waals surface area (Å²) >= 11 is 7.30. The Kier molecular flexibility index (Phi) is 2.10. The molecule has 0 fully saturated rings. The Morgan fingerprint density at radius 1 is 1.58 bits per heavy atom. The Morgan fingerprint density at radius 3 is 3.08 bits per heavy atom. The van der Waals surface area contributed by atoms with Gasteiger partial charge in [-0.2, -0.15) is 5.10 Å². The topological polar surface area (TPSA) is 30.7 Å². The molecule has 12 heavy (non-hydrogen) atoms. The van der Waals surface area contributed by atoms with E-state index in [1.54, 1.807) is 11.0 Å². The second-order valence-corrected chi connectivity index (χ2v) is 3.89. The van der Waals surface area contributed by atoms with E-state index in [9.17, 15) is 0 Å². The number of nitrogens with zero attached hydrogens (tertiary/aromatic N) is 3. The molecule has 0 unspecified atom stereocenters. The van der Waals surface area contributed by atoms with Crippen LogP contribution in [0.1, 0.15) is 5.56 Å². The molecule has 0 amide bonds. The van der Waals surface area contributed by atoms with Gasteiger partial charge in [0.05, 0.1) is 10.9 Å². The fourth-order valence-electron chi connectivity index (χ4n) is 0.930. The molecule has 0 spiro atoms. The lowest BCUT2D eigenvalue weighted by atomic mass is 10.3. The van der Waals surface area contributed by atoms with E-state index in [0.717, 1.165) is 16.4 Å². The molecule has 0 atom stereocenters. The second-order valence-electron chi connectivity index (χ2n) is 2.35. The summed E-state index contributed by atoms with van der Waals surface area (Å²) in [5.41, 5.74) is 1.16. The highest BCUT2D eigenvalue weighted by atomic mass is 35.5. The van der Waals surface area contributed by atoms with E-state index in [4.69, 9.17) is 11.6 Å². The van der Waals surface area contributed by atoms with Crippen molar-refractivity contribution in [2.45, 2.75) is 6.54 Å². The standard InChI is InChI=1S/C7H6ClN3S/c8-7-1-6(3-12-7)2-11-5-9-4-10-11/h1,3-5H,2H2. The zero-order valence-electron chi connectivity index (χ0n) is 6.14. The monoisotopic (exact) mass is 199 g/mol. The van der Waals surface area contributed by atoms with E-state index in [-0.39, 0.29) is 0 Å². The summed E-state index contributed by atoms with van der Waals surface area (Å²) in [4.78, 5) is 3.85. The lowest BCUT2D eigenvalue weighted by Gasteiger charge is -1.94. The van der Waals surface area contributed by atoms with Gasteiger partial charge in [0.15, 0.2) is 0 Å². The average molecular weight is 200 g/mol. The molecule has 0 aliphatic heterocycles. The van der Waals surface area contributed by atoms with E-state index < -0.39 is 0 Å². The van der Waals surface area contributed by atoms with Crippen LogP contribution in [0, 0.1) is 0 Å². The van der Waals surface area contributed by atoms with Gasteiger partial charge in [0.1, 0.15) is 12.7 Å². The number of thiophene rings is 1. The van der Waals surface area contributed by atoms with Crippen molar-refractivity contribution in [1.29, 1.82) is 0 Å². The first-order valence-corrected chi connectivity index (χ1v) is 4.66. The van der Waals surface area contributed by atoms with Crippen molar-refractivity contribution in [3.8, 4) is 0 Å². The molecular formula is C7H6ClN3S. The van der Waals surface area contributed by atoms with E-state index >= 15 is 0 Å². The normalized spacial score (nSPS) is 10.4. The highest BCUT2D eigenvalue weighted by molar-refractivity contribution is 7.14. The molecule has 3 nitrogen and oxygen atoms in total. The first kappa shape index (κ1) is 7.76. The summed E-state index contributed by atoms with van der Waals surface area (Å²) in [5.74, 6) is 0. The Morgan fingerprint density at radius 2 is 2.50 bits per heavy atom. The third-order valence-corrected chi connectivity index (χ3v) is 2.57. The van der Waals surface area contributed by atoms with Crippen molar-refractivity contribution in [2.75, 3.05) is 0 Å². The van der Waals surface area contributed by atoms with Crippen molar-refractivity contribution < 1.29 is 0 Å². The van der Waals surface area contributed by atoms with E-state index in [0.29, 0.717) is 0 Å². The first-order valence-electron chi connectivity index (χ1n) is 3.40. The maximum absolute atomic E-state index is 5.77. The summed E-state index contributed by atoms with van der Waals surface area (Å²) < 4.78 is 2.57. The van der Waals surface area contributed by atoms with Crippen molar-refractivity contribution in [3.05, 3.63) is 34.0 Å². The van der Waals surface area contributed by atoms with Crippen LogP contribution in [0.15, 0.2) is 24.1 Å². The second kappa shape index (κ2) is 3.25. The minimum absolute atomic E-state index is 0.739. The van der Waals surface area contributed by atoms with Gasteiger partial charge in [-0.3, -0.25) is 0 Å². The minimum Gasteiger partial charge on any atom is -0.249 e. The average Bonchev–Trinajstić information content (AvgIpc) is 2.63. The van der Waals surface area contributed by atoms with Gasteiger partial charge in [-0.05, 0) is 17.0 Å². The Hall–Kier alpha value is -0.870. The number of hydrogen-bond donors (Lipinski definition) is 0. The van der Waals surface area contributed by atoms with E-state index in [1.807, 2.05) is 11.4 Å². The molecule has 0 saturated carbocycles. The van der Waals surface area contributed by atoms with Crippen molar-refractivity contribution in [3.63, 3.8) is 0 Å². The fourth-order valence-corrected chi connectivity index (χ4v) is 1.83. The van der Waals surface area contributed by atoms with Crippen LogP contribution in [-0.2, 0) is 6.54 Å². The third-order valence-electron chi connectivity index (χ3n) is 1.43. The Bertz CT molecular complexity index is 354. The molecule has 2 rings (SSSR count). The summed E-state index contributed by atoms with van der Waals surface area (Å²) in [6, 6.07) is 1.94. The summed E-state index contributed by atoms with van der Waals surface area (Å²) in [7, 11) is 0. The summed E-state index contributed by atoms with van der Waals surface area (Å²) in [6.45, 7) is 0.739. The largest absolute Gasteiger partial charge is 0.249 e. The molecule has 2 aromatic rings. The quantitative estimate of drug-likeness (QED) is 0.741. The van der Waals surface area contributed by atoms with Gasteiger partial charge in [0.25, 0.3) is 0 Å². The van der Waals surface area contributed by atoms with Crippen LogP contribution in [0.4, 0.5) is 0 Å². The number of rotatable bonds is 2. The molecule has 0 saturated heterocycles. The number of hydrogen-bond acceptors (Lipinski definition) is 3. The summed E-state index contributed by atoms with van der Waals surface area (Å²) in [6.07, 6.45) is 3.21. The Balaban J connectivity index is 2.14. The van der Waals surface area contributed by atoms with Gasteiger partial charge < -0.3 is 0 Å². The van der Waals surface area contributed by atoms with Crippen LogP contribution < -0.4 is 0 Å². The molecule has 0 N–H and O–H groups in total. The van der Waals surface area contributed by atoms with Crippen LogP contribution in [0.3, 0.4) is 0 Å². The van der Waals surface area contributed by atoms with Crippen molar-refractivity contribution in [2.24, 2.45) is 0 Å². The van der Waals surface area contributed by atoms with Crippen LogP contribution >= 0.6 is 22.9 Å². The molecular weight excluding hydrogens is 194 g/mol. The van der Waals surface area contributed by atoms with Crippen molar-refractivity contribution in [1.82, 2.24) is 14.8 Å². The Labute approximate surface area is 78.6 Å². The van der Waals surface area contributed by atoms with Gasteiger partial charge in [0.2, 0.25) is 0 Å². The highest BCUT2D eigenvalue weighted by Gasteiger charge is 1.98. The molecule has 0 bridgehead atoms. The van der Waals surface area contributed by atoms with Gasteiger partial charge in [-0.25, -0.2) is 9.67 Å². The van der Waals surface area contributed by atoms with Gasteiger partial charge >= 0.3 is 0 Å². The van der Waals surface area contributed by atoms with Crippen LogP contribution in [0.25, 0.3) is 0 Å². The SMILES string of the molecule is Clc1cc(Cn2cncn2)cs1. The summed E-state index contributed by atoms with van der Waals surface area (Å²) in [5, 5.41) is 6.01. The minimum atomic E-state index is 0.739. The zero-order chi connectivity index (χ0) is 8.39. The third kappa shape index (κ3) is 1.65. The molecule has 0 radical (unpaired) electrons. The maximum Gasteiger partial charge on any atom is 0.137 e. The van der Waals surface area contributed by atoms with E-state index in [2.05, 4.69) is 10.1 Å². The van der Waals surface area contributed by atoms with Gasteiger partial charge in [-0.15, -0.1) is 11.3 Å². The van der Waals surface area contributed by atoms with Gasteiger partial charge in [0, 0.05) is 0 Å². The van der Waals surface area contributed by atoms with Crippen LogP contribution in [-0.4, -0.2) is 14.8 Å². The highest BCUT2D eigenvalue weighted by Crippen LogP contribution is 2.20. The van der Waals surface area contributed by atoms with E-state index in [1.165, 1.54) is 17.7 Å². The van der Waals surface area contributed by atoms with Crippen LogP contribution in [0.2, 0.25) is 4.34 Å². The molecule has 0 aromatic carbocycles. The predicted molar refractivity (Wildman–Crippen MR) is 48.5 cm³/mol. The number of aromatic nitrogens is 3. The first-order chi connectivity index (χ1) is 5.84. The molecule has 2 aromatic heterocycles. The molecule has 62 valence electrons. The van der Waals surface area contributed by atoms with Crippen LogP contribution in [0.5, 0.6) is 0 Å². The van der Waals surface area contributed by atoms with Crippen molar-refractivity contribution >= 4 is 22.9 Å². The molecule has 0 aliphatic rings. The zero-order valence-corrected chi connectivity index (χ0v) is 7.72. The molecule has 0 aliphatic carbocycles. The smallest absolute Gasteiger partial charge is 0.137 e. The lowest BCUT2D eigenvalue weighted by molar-refractivity contribution is 0.686. The molecule has 5 heteroatoms.